The van der Waals surface area contributed by atoms with Gasteiger partial charge in [-0.05, 0) is 44.4 Å². The van der Waals surface area contributed by atoms with E-state index in [1.807, 2.05) is 0 Å². The van der Waals surface area contributed by atoms with Crippen LogP contribution in [0.5, 0.6) is 0 Å². The van der Waals surface area contributed by atoms with Gasteiger partial charge >= 0.3 is 0 Å². The van der Waals surface area contributed by atoms with E-state index in [0.29, 0.717) is 13.1 Å². The molecule has 1 saturated heterocycles. The highest BCUT2D eigenvalue weighted by Crippen LogP contribution is 2.41. The fourth-order valence-electron chi connectivity index (χ4n) is 3.18. The zero-order chi connectivity index (χ0) is 13.9. The van der Waals surface area contributed by atoms with E-state index >= 15 is 0 Å². The summed E-state index contributed by atoms with van der Waals surface area (Å²) in [6.45, 7) is 3.17. The fraction of sp³-hybridized carbons (Fsp3) is 0.857. The second-order valence-electron chi connectivity index (χ2n) is 5.98. The maximum atomic E-state index is 12.4. The predicted molar refractivity (Wildman–Crippen MR) is 76.5 cm³/mol. The van der Waals surface area contributed by atoms with Gasteiger partial charge in [0.2, 0.25) is 10.0 Å². The molecule has 0 bridgehead atoms. The van der Waals surface area contributed by atoms with E-state index in [9.17, 15) is 8.42 Å². The van der Waals surface area contributed by atoms with Gasteiger partial charge in [0, 0.05) is 20.2 Å². The first-order valence-corrected chi connectivity index (χ1v) is 8.74. The molecular weight excluding hydrogens is 262 g/mol. The van der Waals surface area contributed by atoms with Crippen molar-refractivity contribution in [3.63, 3.8) is 0 Å². The Morgan fingerprint density at radius 2 is 2.16 bits per heavy atom. The number of hydrogen-bond donors (Lipinski definition) is 0. The topological polar surface area (TPSA) is 46.6 Å². The molecule has 1 spiro atoms. The highest BCUT2D eigenvalue weighted by Gasteiger charge is 2.39. The van der Waals surface area contributed by atoms with Crippen LogP contribution in [0.25, 0.3) is 0 Å². The Kier molecular flexibility index (Phi) is 4.69. The van der Waals surface area contributed by atoms with E-state index in [4.69, 9.17) is 4.74 Å². The Morgan fingerprint density at radius 3 is 2.79 bits per heavy atom. The second kappa shape index (κ2) is 5.94. The molecule has 1 fully saturated rings. The molecule has 19 heavy (non-hydrogen) atoms. The molecule has 4 nitrogen and oxygen atoms in total. The van der Waals surface area contributed by atoms with Crippen molar-refractivity contribution in [2.45, 2.75) is 45.1 Å². The number of rotatable bonds is 4. The summed E-state index contributed by atoms with van der Waals surface area (Å²) in [5.41, 5.74) is 0.191. The Hall–Kier alpha value is -0.390. The Morgan fingerprint density at radius 1 is 1.37 bits per heavy atom. The fourth-order valence-corrected chi connectivity index (χ4v) is 5.00. The van der Waals surface area contributed by atoms with Crippen molar-refractivity contribution in [3.8, 4) is 0 Å². The number of allylic oxidation sites excluding steroid dienone is 2. The van der Waals surface area contributed by atoms with Crippen LogP contribution >= 0.6 is 0 Å². The van der Waals surface area contributed by atoms with Gasteiger partial charge in [-0.2, -0.15) is 0 Å². The van der Waals surface area contributed by atoms with E-state index in [1.165, 1.54) is 0 Å². The molecule has 1 aliphatic heterocycles. The first-order chi connectivity index (χ1) is 8.97. The van der Waals surface area contributed by atoms with Gasteiger partial charge in [-0.25, -0.2) is 12.7 Å². The third-order valence-electron chi connectivity index (χ3n) is 4.43. The SMILES string of the molecule is COC(C)CS(=O)(=O)N1CCCC2(CC=CCC2)C1. The highest BCUT2D eigenvalue weighted by molar-refractivity contribution is 7.89. The molecule has 1 aliphatic carbocycles. The normalized spacial score (nSPS) is 30.6. The average molecular weight is 287 g/mol. The summed E-state index contributed by atoms with van der Waals surface area (Å²) in [5.74, 6) is 0.0927. The lowest BCUT2D eigenvalue weighted by atomic mass is 9.72. The van der Waals surface area contributed by atoms with Gasteiger partial charge in [-0.3, -0.25) is 0 Å². The molecule has 2 aliphatic rings. The molecule has 0 aromatic carbocycles. The van der Waals surface area contributed by atoms with Crippen LogP contribution in [0.1, 0.15) is 39.0 Å². The standard InChI is InChI=1S/C14H25NO3S/c1-13(18-2)11-19(16,17)15-10-6-9-14(12-15)7-4-3-5-8-14/h3-4,13H,5-12H2,1-2H3. The lowest BCUT2D eigenvalue weighted by molar-refractivity contribution is 0.121. The molecule has 1 heterocycles. The van der Waals surface area contributed by atoms with Gasteiger partial charge in [0.1, 0.15) is 0 Å². The summed E-state index contributed by atoms with van der Waals surface area (Å²) in [7, 11) is -1.63. The molecule has 0 saturated carbocycles. The van der Waals surface area contributed by atoms with Crippen molar-refractivity contribution >= 4 is 10.0 Å². The average Bonchev–Trinajstić information content (AvgIpc) is 2.39. The van der Waals surface area contributed by atoms with E-state index in [2.05, 4.69) is 12.2 Å². The van der Waals surface area contributed by atoms with Crippen molar-refractivity contribution in [3.05, 3.63) is 12.2 Å². The largest absolute Gasteiger partial charge is 0.381 e. The Balaban J connectivity index is 2.06. The molecule has 0 N–H and O–H groups in total. The summed E-state index contributed by atoms with van der Waals surface area (Å²) < 4.78 is 31.6. The van der Waals surface area contributed by atoms with Crippen molar-refractivity contribution in [2.24, 2.45) is 5.41 Å². The molecule has 2 atom stereocenters. The lowest BCUT2D eigenvalue weighted by Crippen LogP contribution is -2.48. The monoisotopic (exact) mass is 287 g/mol. The van der Waals surface area contributed by atoms with Crippen molar-refractivity contribution < 1.29 is 13.2 Å². The third-order valence-corrected chi connectivity index (χ3v) is 6.42. The minimum Gasteiger partial charge on any atom is -0.381 e. The van der Waals surface area contributed by atoms with Crippen molar-refractivity contribution in [1.29, 1.82) is 0 Å². The molecule has 0 radical (unpaired) electrons. The molecule has 2 unspecified atom stereocenters. The summed E-state index contributed by atoms with van der Waals surface area (Å²) >= 11 is 0. The predicted octanol–water partition coefficient (Wildman–Crippen LogP) is 2.17. The second-order valence-corrected chi connectivity index (χ2v) is 7.99. The summed E-state index contributed by atoms with van der Waals surface area (Å²) in [6, 6.07) is 0. The first kappa shape index (κ1) is 15.0. The molecule has 0 aromatic heterocycles. The molecule has 0 aromatic rings. The van der Waals surface area contributed by atoms with Crippen LogP contribution < -0.4 is 0 Å². The third kappa shape index (κ3) is 3.58. The summed E-state index contributed by atoms with van der Waals surface area (Å²) in [5, 5.41) is 0. The van der Waals surface area contributed by atoms with Crippen molar-refractivity contribution in [2.75, 3.05) is 26.0 Å². The van der Waals surface area contributed by atoms with E-state index in [0.717, 1.165) is 32.1 Å². The van der Waals surface area contributed by atoms with E-state index < -0.39 is 10.0 Å². The maximum absolute atomic E-state index is 12.4. The quantitative estimate of drug-likeness (QED) is 0.745. The van der Waals surface area contributed by atoms with Gasteiger partial charge in [0.05, 0.1) is 11.9 Å². The Labute approximate surface area is 116 Å². The van der Waals surface area contributed by atoms with E-state index in [-0.39, 0.29) is 17.3 Å². The van der Waals surface area contributed by atoms with Gasteiger partial charge < -0.3 is 4.74 Å². The van der Waals surface area contributed by atoms with Gasteiger partial charge in [-0.1, -0.05) is 12.2 Å². The minimum atomic E-state index is -3.19. The number of nitrogens with zero attached hydrogens (tertiary/aromatic N) is 1. The zero-order valence-corrected chi connectivity index (χ0v) is 12.8. The van der Waals surface area contributed by atoms with Crippen molar-refractivity contribution in [1.82, 2.24) is 4.31 Å². The molecule has 2 rings (SSSR count). The smallest absolute Gasteiger partial charge is 0.216 e. The van der Waals surface area contributed by atoms with Crippen LogP contribution in [0.2, 0.25) is 0 Å². The summed E-state index contributed by atoms with van der Waals surface area (Å²) in [4.78, 5) is 0. The number of hydrogen-bond acceptors (Lipinski definition) is 3. The highest BCUT2D eigenvalue weighted by atomic mass is 32.2. The number of ether oxygens (including phenoxy) is 1. The van der Waals surface area contributed by atoms with Crippen LogP contribution in [0.4, 0.5) is 0 Å². The first-order valence-electron chi connectivity index (χ1n) is 7.13. The number of piperidine rings is 1. The van der Waals surface area contributed by atoms with Crippen LogP contribution in [-0.2, 0) is 14.8 Å². The van der Waals surface area contributed by atoms with Gasteiger partial charge in [-0.15, -0.1) is 0 Å². The molecule has 5 heteroatoms. The maximum Gasteiger partial charge on any atom is 0.216 e. The minimum absolute atomic E-state index is 0.0927. The lowest BCUT2D eigenvalue weighted by Gasteiger charge is -2.43. The summed E-state index contributed by atoms with van der Waals surface area (Å²) in [6.07, 6.45) is 9.56. The molecule has 110 valence electrons. The van der Waals surface area contributed by atoms with Gasteiger partial charge in [0.15, 0.2) is 0 Å². The van der Waals surface area contributed by atoms with Crippen LogP contribution in [0.15, 0.2) is 12.2 Å². The van der Waals surface area contributed by atoms with Gasteiger partial charge in [0.25, 0.3) is 0 Å². The van der Waals surface area contributed by atoms with Crippen LogP contribution in [0.3, 0.4) is 0 Å². The molecular formula is C14H25NO3S. The zero-order valence-electron chi connectivity index (χ0n) is 12.0. The van der Waals surface area contributed by atoms with E-state index in [1.54, 1.807) is 18.3 Å². The Bertz CT molecular complexity index is 432. The number of methoxy groups -OCH3 is 1. The van der Waals surface area contributed by atoms with Crippen LogP contribution in [0, 0.1) is 5.41 Å². The van der Waals surface area contributed by atoms with Crippen LogP contribution in [-0.4, -0.2) is 44.8 Å². The molecule has 0 amide bonds. The number of sulfonamides is 1.